The molecule has 0 atom stereocenters. The third-order valence-corrected chi connectivity index (χ3v) is 6.51. The fourth-order valence-electron chi connectivity index (χ4n) is 3.57. The molecule has 2 aromatic carbocycles. The van der Waals surface area contributed by atoms with Crippen LogP contribution in [-0.4, -0.2) is 25.1 Å². The van der Waals surface area contributed by atoms with Crippen molar-refractivity contribution in [3.8, 4) is 16.2 Å². The van der Waals surface area contributed by atoms with Crippen molar-refractivity contribution in [1.82, 2.24) is 0 Å². The Kier molecular flexibility index (Phi) is 8.61. The fraction of sp³-hybridized carbons (Fsp3) is 0.370. The molecular formula is C27H30F2O3S. The summed E-state index contributed by atoms with van der Waals surface area (Å²) >= 11 is 1.71. The average molecular weight is 473 g/mol. The summed E-state index contributed by atoms with van der Waals surface area (Å²) < 4.78 is 39.8. The number of hydrogen-bond acceptors (Lipinski definition) is 4. The number of aryl methyl sites for hydroxylation is 1. The molecule has 0 spiro atoms. The Morgan fingerprint density at radius 1 is 1.06 bits per heavy atom. The van der Waals surface area contributed by atoms with Gasteiger partial charge in [-0.25, -0.2) is 13.6 Å². The normalized spacial score (nSPS) is 11.5. The summed E-state index contributed by atoms with van der Waals surface area (Å²) in [7, 11) is 0. The van der Waals surface area contributed by atoms with Crippen molar-refractivity contribution in [3.05, 3.63) is 66.2 Å². The van der Waals surface area contributed by atoms with E-state index >= 15 is 0 Å². The van der Waals surface area contributed by atoms with Gasteiger partial charge in [0.1, 0.15) is 5.75 Å². The van der Waals surface area contributed by atoms with Gasteiger partial charge in [0.05, 0.1) is 13.2 Å². The number of benzene rings is 2. The minimum absolute atomic E-state index is 0.0245. The first kappa shape index (κ1) is 24.9. The molecule has 0 bridgehead atoms. The van der Waals surface area contributed by atoms with E-state index in [0.717, 1.165) is 16.5 Å². The minimum Gasteiger partial charge on any atom is -0.494 e. The van der Waals surface area contributed by atoms with Gasteiger partial charge in [0.15, 0.2) is 0 Å². The molecule has 0 amide bonds. The maximum atomic E-state index is 14.1. The molecule has 3 rings (SSSR count). The Hall–Kier alpha value is -2.73. The molecule has 33 heavy (non-hydrogen) atoms. The van der Waals surface area contributed by atoms with Gasteiger partial charge in [0.2, 0.25) is 5.92 Å². The number of ether oxygens (including phenoxy) is 2. The van der Waals surface area contributed by atoms with Gasteiger partial charge in [0.25, 0.3) is 0 Å². The highest BCUT2D eigenvalue weighted by Crippen LogP contribution is 2.37. The first-order valence-corrected chi connectivity index (χ1v) is 12.1. The lowest BCUT2D eigenvalue weighted by Crippen LogP contribution is -2.18. The Balaban J connectivity index is 1.48. The molecule has 3 nitrogen and oxygen atoms in total. The Morgan fingerprint density at radius 2 is 1.79 bits per heavy atom. The molecule has 0 unspecified atom stereocenters. The molecule has 176 valence electrons. The predicted octanol–water partition coefficient (Wildman–Crippen LogP) is 7.82. The van der Waals surface area contributed by atoms with Crippen molar-refractivity contribution in [1.29, 1.82) is 0 Å². The monoisotopic (exact) mass is 472 g/mol. The van der Waals surface area contributed by atoms with E-state index in [-0.39, 0.29) is 44.5 Å². The van der Waals surface area contributed by atoms with E-state index in [1.807, 2.05) is 18.2 Å². The summed E-state index contributed by atoms with van der Waals surface area (Å²) in [5, 5.41) is 1.15. The van der Waals surface area contributed by atoms with E-state index < -0.39 is 11.9 Å². The third kappa shape index (κ3) is 7.13. The second-order valence-corrected chi connectivity index (χ2v) is 9.23. The van der Waals surface area contributed by atoms with E-state index in [0.29, 0.717) is 5.75 Å². The summed E-state index contributed by atoms with van der Waals surface area (Å²) in [6, 6.07) is 16.5. The highest BCUT2D eigenvalue weighted by Gasteiger charge is 2.27. The zero-order valence-electron chi connectivity index (χ0n) is 19.2. The lowest BCUT2D eigenvalue weighted by atomic mass is 10.0. The molecule has 0 radical (unpaired) electrons. The summed E-state index contributed by atoms with van der Waals surface area (Å²) in [5.74, 6) is -2.66. The van der Waals surface area contributed by atoms with Gasteiger partial charge in [-0.15, -0.1) is 11.3 Å². The Morgan fingerprint density at radius 3 is 2.52 bits per heavy atom. The van der Waals surface area contributed by atoms with Crippen molar-refractivity contribution >= 4 is 27.4 Å². The van der Waals surface area contributed by atoms with Gasteiger partial charge >= 0.3 is 5.97 Å². The van der Waals surface area contributed by atoms with Crippen LogP contribution < -0.4 is 4.74 Å². The van der Waals surface area contributed by atoms with E-state index in [4.69, 9.17) is 9.47 Å². The SMILES string of the molecule is C=C(C)C(=O)OCCCC(F)(F)CCCOc1ccc2cc(-c3ccccc3CC)sc2c1. The van der Waals surface area contributed by atoms with Crippen LogP contribution in [0.1, 0.15) is 45.1 Å². The van der Waals surface area contributed by atoms with E-state index in [9.17, 15) is 13.6 Å². The molecule has 0 saturated carbocycles. The summed E-state index contributed by atoms with van der Waals surface area (Å²) in [5.41, 5.74) is 2.83. The lowest BCUT2D eigenvalue weighted by Gasteiger charge is -2.16. The smallest absolute Gasteiger partial charge is 0.333 e. The van der Waals surface area contributed by atoms with Crippen LogP contribution >= 0.6 is 11.3 Å². The Bertz CT molecular complexity index is 1100. The first-order chi connectivity index (χ1) is 15.8. The highest BCUT2D eigenvalue weighted by atomic mass is 32.1. The van der Waals surface area contributed by atoms with Gasteiger partial charge in [-0.2, -0.15) is 0 Å². The maximum Gasteiger partial charge on any atom is 0.333 e. The number of carbonyl (C=O) groups is 1. The average Bonchev–Trinajstić information content (AvgIpc) is 3.22. The van der Waals surface area contributed by atoms with Gasteiger partial charge < -0.3 is 9.47 Å². The second kappa shape index (κ2) is 11.4. The molecular weight excluding hydrogens is 442 g/mol. The van der Waals surface area contributed by atoms with Crippen molar-refractivity contribution < 1.29 is 23.0 Å². The summed E-state index contributed by atoms with van der Waals surface area (Å²) in [6.45, 7) is 7.34. The van der Waals surface area contributed by atoms with Crippen LogP contribution in [-0.2, 0) is 16.0 Å². The lowest BCUT2D eigenvalue weighted by molar-refractivity contribution is -0.139. The number of rotatable bonds is 12. The van der Waals surface area contributed by atoms with Crippen LogP contribution in [0.2, 0.25) is 0 Å². The zero-order valence-corrected chi connectivity index (χ0v) is 20.0. The maximum absolute atomic E-state index is 14.1. The molecule has 3 aromatic rings. The second-order valence-electron chi connectivity index (χ2n) is 8.15. The highest BCUT2D eigenvalue weighted by molar-refractivity contribution is 7.22. The molecule has 0 N–H and O–H groups in total. The van der Waals surface area contributed by atoms with E-state index in [1.165, 1.54) is 22.9 Å². The molecule has 6 heteroatoms. The van der Waals surface area contributed by atoms with Gasteiger partial charge in [0, 0.05) is 28.0 Å². The standard InChI is InChI=1S/C27H30F2O3S/c1-4-20-9-5-6-10-23(20)25-17-21-11-12-22(18-24(21)33-25)31-15-7-13-27(28,29)14-8-16-32-26(30)19(2)3/h5-6,9-12,17-18H,2,4,7-8,13-16H2,1,3H3. The van der Waals surface area contributed by atoms with Crippen LogP contribution in [0.25, 0.3) is 20.5 Å². The summed E-state index contributed by atoms with van der Waals surface area (Å²) in [4.78, 5) is 12.5. The Labute approximate surface area is 198 Å². The topological polar surface area (TPSA) is 35.5 Å². The molecule has 1 aromatic heterocycles. The van der Waals surface area contributed by atoms with Gasteiger partial charge in [-0.1, -0.05) is 37.8 Å². The van der Waals surface area contributed by atoms with E-state index in [1.54, 1.807) is 11.3 Å². The zero-order chi connectivity index (χ0) is 23.8. The number of hydrogen-bond donors (Lipinski definition) is 0. The van der Waals surface area contributed by atoms with Crippen molar-refractivity contribution in [2.24, 2.45) is 0 Å². The molecule has 0 aliphatic heterocycles. The number of esters is 1. The largest absolute Gasteiger partial charge is 0.494 e. The predicted molar refractivity (Wildman–Crippen MR) is 131 cm³/mol. The van der Waals surface area contributed by atoms with Crippen molar-refractivity contribution in [2.75, 3.05) is 13.2 Å². The molecule has 1 heterocycles. The van der Waals surface area contributed by atoms with Gasteiger partial charge in [-0.05, 0) is 67.0 Å². The van der Waals surface area contributed by atoms with E-state index in [2.05, 4.69) is 43.8 Å². The number of carbonyl (C=O) groups excluding carboxylic acids is 1. The number of halogens is 2. The fourth-order valence-corrected chi connectivity index (χ4v) is 4.72. The number of thiophene rings is 1. The number of fused-ring (bicyclic) bond motifs is 1. The van der Waals surface area contributed by atoms with Crippen molar-refractivity contribution in [2.45, 2.75) is 51.9 Å². The molecule has 0 saturated heterocycles. The quantitative estimate of drug-likeness (QED) is 0.153. The molecule has 0 aliphatic carbocycles. The van der Waals surface area contributed by atoms with Crippen LogP contribution in [0.15, 0.2) is 60.7 Å². The van der Waals surface area contributed by atoms with Crippen LogP contribution in [0.4, 0.5) is 8.78 Å². The minimum atomic E-state index is -2.81. The first-order valence-electron chi connectivity index (χ1n) is 11.2. The van der Waals surface area contributed by atoms with Gasteiger partial charge in [-0.3, -0.25) is 0 Å². The van der Waals surface area contributed by atoms with Crippen molar-refractivity contribution in [3.63, 3.8) is 0 Å². The van der Waals surface area contributed by atoms with Crippen LogP contribution in [0.3, 0.4) is 0 Å². The molecule has 0 aliphatic rings. The third-order valence-electron chi connectivity index (χ3n) is 5.38. The van der Waals surface area contributed by atoms with Crippen LogP contribution in [0.5, 0.6) is 5.75 Å². The summed E-state index contributed by atoms with van der Waals surface area (Å²) in [6.07, 6.45) is 0.755. The molecule has 0 fully saturated rings. The number of alkyl halides is 2. The van der Waals surface area contributed by atoms with Crippen LogP contribution in [0, 0.1) is 0 Å².